The van der Waals surface area contributed by atoms with Crippen LogP contribution in [0, 0.1) is 20.8 Å². The Hall–Kier alpha value is -2.93. The number of aromatic hydroxyl groups is 1. The van der Waals surface area contributed by atoms with Crippen LogP contribution in [0.2, 0.25) is 0 Å². The van der Waals surface area contributed by atoms with Gasteiger partial charge in [-0.15, -0.1) is 0 Å². The van der Waals surface area contributed by atoms with Crippen LogP contribution in [0.3, 0.4) is 0 Å². The second-order valence-corrected chi connectivity index (χ2v) is 10.2. The first-order chi connectivity index (χ1) is 14.2. The summed E-state index contributed by atoms with van der Waals surface area (Å²) < 4.78 is 24.8. The van der Waals surface area contributed by atoms with E-state index in [2.05, 4.69) is 4.99 Å². The molecule has 0 unspecified atom stereocenters. The fourth-order valence-electron chi connectivity index (χ4n) is 4.29. The quantitative estimate of drug-likeness (QED) is 0.654. The topological polar surface area (TPSA) is 88.7 Å². The van der Waals surface area contributed by atoms with E-state index < -0.39 is 9.84 Å². The Morgan fingerprint density at radius 3 is 2.33 bits per heavy atom. The predicted octanol–water partition coefficient (Wildman–Crippen LogP) is 3.23. The monoisotopic (exact) mass is 424 g/mol. The summed E-state index contributed by atoms with van der Waals surface area (Å²) in [5.41, 5.74) is 3.58. The zero-order chi connectivity index (χ0) is 21.6. The molecule has 1 N–H and O–H groups in total. The van der Waals surface area contributed by atoms with E-state index >= 15 is 0 Å². The van der Waals surface area contributed by atoms with Gasteiger partial charge in [0.2, 0.25) is 5.88 Å². The van der Waals surface area contributed by atoms with Crippen molar-refractivity contribution < 1.29 is 13.5 Å². The molecular formula is C23H24N2O4S. The smallest absolute Gasteiger partial charge is 0.265 e. The normalized spacial score (nSPS) is 18.4. The highest BCUT2D eigenvalue weighted by atomic mass is 32.2. The van der Waals surface area contributed by atoms with Crippen molar-refractivity contribution in [3.63, 3.8) is 0 Å². The van der Waals surface area contributed by atoms with Gasteiger partial charge in [-0.2, -0.15) is 0 Å². The minimum atomic E-state index is -3.06. The molecule has 0 bridgehead atoms. The number of aryl methyl sites for hydroxylation is 3. The largest absolute Gasteiger partial charge is 0.494 e. The highest BCUT2D eigenvalue weighted by molar-refractivity contribution is 7.91. The number of aliphatic imine (C=N–C) groups is 1. The molecule has 0 radical (unpaired) electrons. The molecule has 1 aliphatic rings. The highest BCUT2D eigenvalue weighted by Crippen LogP contribution is 2.29. The third-order valence-electron chi connectivity index (χ3n) is 5.59. The lowest BCUT2D eigenvalue weighted by Crippen LogP contribution is -2.22. The van der Waals surface area contributed by atoms with E-state index in [9.17, 15) is 18.3 Å². The van der Waals surface area contributed by atoms with E-state index in [-0.39, 0.29) is 29.0 Å². The summed E-state index contributed by atoms with van der Waals surface area (Å²) in [4.78, 5) is 17.8. The van der Waals surface area contributed by atoms with E-state index in [0.717, 1.165) is 16.7 Å². The van der Waals surface area contributed by atoms with Gasteiger partial charge < -0.3 is 5.11 Å². The van der Waals surface area contributed by atoms with Gasteiger partial charge in [0, 0.05) is 17.0 Å². The minimum Gasteiger partial charge on any atom is -0.494 e. The van der Waals surface area contributed by atoms with Crippen LogP contribution in [0.5, 0.6) is 5.88 Å². The summed E-state index contributed by atoms with van der Waals surface area (Å²) in [5.74, 6) is -0.0561. The molecule has 1 atom stereocenters. The highest BCUT2D eigenvalue weighted by Gasteiger charge is 2.27. The molecule has 2 heterocycles. The average molecular weight is 425 g/mol. The SMILES string of the molecule is Cc1cc(C)c(-n2c(O)c(C=N[C@H]3CCS(=O)(=O)C3)c3ccccc3c2=O)c(C)c1. The molecule has 6 nitrogen and oxygen atoms in total. The van der Waals surface area contributed by atoms with Crippen LogP contribution in [0.1, 0.15) is 28.7 Å². The van der Waals surface area contributed by atoms with Gasteiger partial charge in [0.1, 0.15) is 0 Å². The lowest BCUT2D eigenvalue weighted by atomic mass is 10.0. The Kier molecular flexibility index (Phi) is 5.02. The summed E-state index contributed by atoms with van der Waals surface area (Å²) in [5, 5.41) is 12.2. The summed E-state index contributed by atoms with van der Waals surface area (Å²) in [7, 11) is -3.06. The van der Waals surface area contributed by atoms with E-state index in [4.69, 9.17) is 0 Å². The number of nitrogens with zero attached hydrogens (tertiary/aromatic N) is 2. The number of rotatable bonds is 3. The maximum Gasteiger partial charge on any atom is 0.265 e. The Bertz CT molecular complexity index is 1330. The first kappa shape index (κ1) is 20.3. The van der Waals surface area contributed by atoms with Crippen molar-refractivity contribution in [2.75, 3.05) is 11.5 Å². The van der Waals surface area contributed by atoms with Crippen LogP contribution in [-0.2, 0) is 9.84 Å². The predicted molar refractivity (Wildman–Crippen MR) is 120 cm³/mol. The van der Waals surface area contributed by atoms with Crippen LogP contribution in [0.25, 0.3) is 16.5 Å². The molecule has 3 aromatic rings. The fraction of sp³-hybridized carbons (Fsp3) is 0.304. The second kappa shape index (κ2) is 7.40. The average Bonchev–Trinajstić information content (AvgIpc) is 3.02. The maximum atomic E-state index is 13.3. The minimum absolute atomic E-state index is 0.0119. The molecule has 2 aromatic carbocycles. The van der Waals surface area contributed by atoms with Crippen LogP contribution in [0.15, 0.2) is 46.2 Å². The number of benzene rings is 2. The second-order valence-electron chi connectivity index (χ2n) is 8.01. The van der Waals surface area contributed by atoms with Gasteiger partial charge in [-0.25, -0.2) is 13.0 Å². The Morgan fingerprint density at radius 1 is 1.10 bits per heavy atom. The standard InChI is InChI=1S/C23H24N2O4S/c1-14-10-15(2)21(16(3)11-14)25-22(26)19-7-5-4-6-18(19)20(23(25)27)12-24-17-8-9-30(28,29)13-17/h4-7,10-12,17,27H,8-9,13H2,1-3H3/t17-/m0/s1. The maximum absolute atomic E-state index is 13.3. The molecular weight excluding hydrogens is 400 g/mol. The lowest BCUT2D eigenvalue weighted by Gasteiger charge is -2.18. The third-order valence-corrected chi connectivity index (χ3v) is 7.34. The molecule has 0 spiro atoms. The first-order valence-electron chi connectivity index (χ1n) is 9.86. The first-order valence-corrected chi connectivity index (χ1v) is 11.7. The van der Waals surface area contributed by atoms with Gasteiger partial charge >= 0.3 is 0 Å². The number of pyridine rings is 1. The van der Waals surface area contributed by atoms with Gasteiger partial charge in [0.15, 0.2) is 9.84 Å². The Morgan fingerprint density at radius 2 is 1.73 bits per heavy atom. The van der Waals surface area contributed by atoms with Gasteiger partial charge in [-0.1, -0.05) is 35.9 Å². The van der Waals surface area contributed by atoms with E-state index in [0.29, 0.717) is 28.4 Å². The molecule has 1 aliphatic heterocycles. The van der Waals surface area contributed by atoms with Crippen molar-refractivity contribution in [3.05, 3.63) is 69.0 Å². The van der Waals surface area contributed by atoms with Gasteiger partial charge in [-0.3, -0.25) is 9.79 Å². The van der Waals surface area contributed by atoms with Crippen molar-refractivity contribution in [1.82, 2.24) is 4.57 Å². The number of hydrogen-bond donors (Lipinski definition) is 1. The van der Waals surface area contributed by atoms with Crippen LogP contribution in [0.4, 0.5) is 0 Å². The van der Waals surface area contributed by atoms with E-state index in [1.807, 2.05) is 32.9 Å². The lowest BCUT2D eigenvalue weighted by molar-refractivity contribution is 0.435. The van der Waals surface area contributed by atoms with Crippen molar-refractivity contribution in [2.24, 2.45) is 4.99 Å². The van der Waals surface area contributed by atoms with Crippen LogP contribution < -0.4 is 5.56 Å². The third kappa shape index (κ3) is 3.54. The van der Waals surface area contributed by atoms with E-state index in [1.165, 1.54) is 10.8 Å². The zero-order valence-electron chi connectivity index (χ0n) is 17.2. The molecule has 0 saturated carbocycles. The fourth-order valence-corrected chi connectivity index (χ4v) is 5.93. The number of sulfone groups is 1. The molecule has 4 rings (SSSR count). The Labute approximate surface area is 175 Å². The molecule has 0 amide bonds. The summed E-state index contributed by atoms with van der Waals surface area (Å²) in [6, 6.07) is 10.7. The van der Waals surface area contributed by atoms with Crippen molar-refractivity contribution in [3.8, 4) is 11.6 Å². The summed E-state index contributed by atoms with van der Waals surface area (Å²) in [6.45, 7) is 5.81. The molecule has 156 valence electrons. The number of fused-ring (bicyclic) bond motifs is 1. The molecule has 1 aromatic heterocycles. The van der Waals surface area contributed by atoms with Gasteiger partial charge in [0.05, 0.1) is 28.8 Å². The van der Waals surface area contributed by atoms with E-state index in [1.54, 1.807) is 24.3 Å². The molecule has 30 heavy (non-hydrogen) atoms. The van der Waals surface area contributed by atoms with Gasteiger partial charge in [-0.05, 0) is 44.4 Å². The van der Waals surface area contributed by atoms with Gasteiger partial charge in [0.25, 0.3) is 5.56 Å². The number of aromatic nitrogens is 1. The summed E-state index contributed by atoms with van der Waals surface area (Å²) >= 11 is 0. The van der Waals surface area contributed by atoms with Crippen molar-refractivity contribution in [2.45, 2.75) is 33.2 Å². The van der Waals surface area contributed by atoms with Crippen LogP contribution in [-0.4, -0.2) is 41.9 Å². The molecule has 1 fully saturated rings. The number of hydrogen-bond acceptors (Lipinski definition) is 5. The van der Waals surface area contributed by atoms with Crippen LogP contribution >= 0.6 is 0 Å². The Balaban J connectivity index is 1.97. The van der Waals surface area contributed by atoms with Crippen molar-refractivity contribution in [1.29, 1.82) is 0 Å². The molecule has 7 heteroatoms. The molecule has 1 saturated heterocycles. The summed E-state index contributed by atoms with van der Waals surface area (Å²) in [6.07, 6.45) is 1.98. The zero-order valence-corrected chi connectivity index (χ0v) is 18.0. The van der Waals surface area contributed by atoms with Crippen molar-refractivity contribution >= 4 is 26.8 Å². The molecule has 0 aliphatic carbocycles.